The van der Waals surface area contributed by atoms with Crippen molar-refractivity contribution >= 4 is 6.03 Å². The van der Waals surface area contributed by atoms with Crippen LogP contribution in [0.15, 0.2) is 24.3 Å². The van der Waals surface area contributed by atoms with Crippen molar-refractivity contribution in [1.29, 1.82) is 0 Å². The van der Waals surface area contributed by atoms with E-state index in [1.54, 1.807) is 7.11 Å². The molecule has 0 aliphatic carbocycles. The summed E-state index contributed by atoms with van der Waals surface area (Å²) in [7, 11) is 1.65. The number of likely N-dealkylation sites (tertiary alicyclic amines) is 1. The van der Waals surface area contributed by atoms with Crippen molar-refractivity contribution < 1.29 is 9.53 Å². The Morgan fingerprint density at radius 3 is 2.83 bits per heavy atom. The number of carbonyl (C=O) groups is 1. The molecule has 2 heterocycles. The second-order valence-electron chi connectivity index (χ2n) is 6.59. The fraction of sp³-hybridized carbons (Fsp3) is 0.611. The van der Waals surface area contributed by atoms with Crippen LogP contribution in [0.4, 0.5) is 4.79 Å². The van der Waals surface area contributed by atoms with Crippen molar-refractivity contribution in [1.82, 2.24) is 15.5 Å². The van der Waals surface area contributed by atoms with Gasteiger partial charge in [-0.15, -0.1) is 0 Å². The Balaban J connectivity index is 1.44. The molecular formula is C18H27N3O2. The Hall–Kier alpha value is -1.75. The molecule has 2 fully saturated rings. The summed E-state index contributed by atoms with van der Waals surface area (Å²) in [5.41, 5.74) is 1.06. The zero-order chi connectivity index (χ0) is 16.1. The van der Waals surface area contributed by atoms with Gasteiger partial charge in [0, 0.05) is 19.6 Å². The highest BCUT2D eigenvalue weighted by atomic mass is 16.5. The molecule has 5 nitrogen and oxygen atoms in total. The van der Waals surface area contributed by atoms with E-state index < -0.39 is 0 Å². The molecule has 1 aromatic rings. The second kappa shape index (κ2) is 7.68. The third-order valence-corrected chi connectivity index (χ3v) is 5.17. The predicted octanol–water partition coefficient (Wildman–Crippen LogP) is 2.23. The van der Waals surface area contributed by atoms with Crippen molar-refractivity contribution in [3.63, 3.8) is 0 Å². The molecule has 1 unspecified atom stereocenters. The molecule has 2 aliphatic rings. The number of urea groups is 1. The second-order valence-corrected chi connectivity index (χ2v) is 6.59. The monoisotopic (exact) mass is 317 g/mol. The number of ether oxygens (including phenoxy) is 1. The summed E-state index contributed by atoms with van der Waals surface area (Å²) in [4.78, 5) is 14.3. The van der Waals surface area contributed by atoms with Gasteiger partial charge in [0.25, 0.3) is 0 Å². The highest BCUT2D eigenvalue weighted by Gasteiger charge is 2.29. The third kappa shape index (κ3) is 4.16. The molecule has 2 aliphatic heterocycles. The number of nitrogens with one attached hydrogen (secondary N) is 2. The van der Waals surface area contributed by atoms with Crippen LogP contribution >= 0.6 is 0 Å². The number of rotatable bonds is 4. The van der Waals surface area contributed by atoms with Crippen LogP contribution < -0.4 is 15.4 Å². The van der Waals surface area contributed by atoms with Gasteiger partial charge in [-0.3, -0.25) is 0 Å². The van der Waals surface area contributed by atoms with E-state index in [0.29, 0.717) is 6.54 Å². The first-order valence-corrected chi connectivity index (χ1v) is 8.62. The van der Waals surface area contributed by atoms with E-state index in [1.807, 2.05) is 29.2 Å². The maximum atomic E-state index is 12.3. The maximum Gasteiger partial charge on any atom is 0.317 e. The van der Waals surface area contributed by atoms with Crippen LogP contribution in [0.3, 0.4) is 0 Å². The molecule has 5 heteroatoms. The van der Waals surface area contributed by atoms with Crippen molar-refractivity contribution in [2.24, 2.45) is 11.8 Å². The molecule has 23 heavy (non-hydrogen) atoms. The highest BCUT2D eigenvalue weighted by molar-refractivity contribution is 5.74. The lowest BCUT2D eigenvalue weighted by Crippen LogP contribution is -2.45. The topological polar surface area (TPSA) is 53.6 Å². The van der Waals surface area contributed by atoms with Crippen LogP contribution in [0, 0.1) is 11.8 Å². The Kier molecular flexibility index (Phi) is 5.39. The predicted molar refractivity (Wildman–Crippen MR) is 90.5 cm³/mol. The van der Waals surface area contributed by atoms with Gasteiger partial charge in [0.1, 0.15) is 5.75 Å². The number of hydrogen-bond acceptors (Lipinski definition) is 3. The van der Waals surface area contributed by atoms with E-state index in [9.17, 15) is 4.79 Å². The van der Waals surface area contributed by atoms with Gasteiger partial charge in [-0.05, 0) is 61.9 Å². The lowest BCUT2D eigenvalue weighted by Gasteiger charge is -2.34. The normalized spacial score (nSPS) is 22.1. The van der Waals surface area contributed by atoms with E-state index in [1.165, 1.54) is 6.42 Å². The van der Waals surface area contributed by atoms with E-state index >= 15 is 0 Å². The van der Waals surface area contributed by atoms with Crippen LogP contribution in [0.5, 0.6) is 5.75 Å². The molecule has 0 radical (unpaired) electrons. The van der Waals surface area contributed by atoms with Gasteiger partial charge in [-0.2, -0.15) is 0 Å². The largest absolute Gasteiger partial charge is 0.497 e. The molecule has 0 spiro atoms. The SMILES string of the molecule is COc1cccc(CNC(=O)N2CCC(C3CCNC3)CC2)c1. The Morgan fingerprint density at radius 1 is 1.30 bits per heavy atom. The standard InChI is InChI=1S/C18H27N3O2/c1-23-17-4-2-3-14(11-17)12-20-18(22)21-9-6-15(7-10-21)16-5-8-19-13-16/h2-4,11,15-16,19H,5-10,12-13H2,1H3,(H,20,22). The summed E-state index contributed by atoms with van der Waals surface area (Å²) >= 11 is 0. The summed E-state index contributed by atoms with van der Waals surface area (Å²) in [5.74, 6) is 2.42. The Labute approximate surface area is 138 Å². The van der Waals surface area contributed by atoms with Gasteiger partial charge in [0.15, 0.2) is 0 Å². The first-order valence-electron chi connectivity index (χ1n) is 8.62. The van der Waals surface area contributed by atoms with Crippen LogP contribution in [-0.2, 0) is 6.54 Å². The van der Waals surface area contributed by atoms with Gasteiger partial charge in [0.2, 0.25) is 0 Å². The first kappa shape index (κ1) is 16.1. The van der Waals surface area contributed by atoms with Gasteiger partial charge in [-0.1, -0.05) is 12.1 Å². The minimum Gasteiger partial charge on any atom is -0.497 e. The average molecular weight is 317 g/mol. The van der Waals surface area contributed by atoms with Gasteiger partial charge in [-0.25, -0.2) is 4.79 Å². The van der Waals surface area contributed by atoms with Crippen molar-refractivity contribution in [3.05, 3.63) is 29.8 Å². The van der Waals surface area contributed by atoms with Crippen LogP contribution in [0.2, 0.25) is 0 Å². The van der Waals surface area contributed by atoms with E-state index in [0.717, 1.165) is 62.2 Å². The van der Waals surface area contributed by atoms with E-state index in [4.69, 9.17) is 4.74 Å². The number of benzene rings is 1. The smallest absolute Gasteiger partial charge is 0.317 e. The molecular weight excluding hydrogens is 290 g/mol. The van der Waals surface area contributed by atoms with Gasteiger partial charge < -0.3 is 20.3 Å². The zero-order valence-electron chi connectivity index (χ0n) is 13.9. The fourth-order valence-electron chi connectivity index (χ4n) is 3.73. The van der Waals surface area contributed by atoms with Gasteiger partial charge >= 0.3 is 6.03 Å². The first-order chi connectivity index (χ1) is 11.3. The highest BCUT2D eigenvalue weighted by Crippen LogP contribution is 2.28. The van der Waals surface area contributed by atoms with E-state index in [2.05, 4.69) is 10.6 Å². The number of piperidine rings is 1. The molecule has 0 saturated carbocycles. The number of carbonyl (C=O) groups excluding carboxylic acids is 1. The molecule has 126 valence electrons. The summed E-state index contributed by atoms with van der Waals surface area (Å²) in [6.45, 7) is 4.62. The molecule has 3 rings (SSSR count). The lowest BCUT2D eigenvalue weighted by atomic mass is 9.84. The van der Waals surface area contributed by atoms with Crippen LogP contribution in [0.25, 0.3) is 0 Å². The Morgan fingerprint density at radius 2 is 2.13 bits per heavy atom. The quantitative estimate of drug-likeness (QED) is 0.895. The molecule has 2 amide bonds. The molecule has 1 aromatic carbocycles. The summed E-state index contributed by atoms with van der Waals surface area (Å²) in [6.07, 6.45) is 3.57. The molecule has 0 aromatic heterocycles. The average Bonchev–Trinajstić information content (AvgIpc) is 3.14. The fourth-order valence-corrected chi connectivity index (χ4v) is 3.73. The van der Waals surface area contributed by atoms with Crippen molar-refractivity contribution in [2.75, 3.05) is 33.3 Å². The lowest BCUT2D eigenvalue weighted by molar-refractivity contribution is 0.153. The van der Waals surface area contributed by atoms with Crippen LogP contribution in [0.1, 0.15) is 24.8 Å². The van der Waals surface area contributed by atoms with Crippen molar-refractivity contribution in [3.8, 4) is 5.75 Å². The number of amides is 2. The van der Waals surface area contributed by atoms with Crippen molar-refractivity contribution in [2.45, 2.75) is 25.8 Å². The Bertz CT molecular complexity index is 521. The zero-order valence-corrected chi connectivity index (χ0v) is 13.9. The number of nitrogens with zero attached hydrogens (tertiary/aromatic N) is 1. The molecule has 2 saturated heterocycles. The van der Waals surface area contributed by atoms with Crippen LogP contribution in [-0.4, -0.2) is 44.2 Å². The van der Waals surface area contributed by atoms with Gasteiger partial charge in [0.05, 0.1) is 7.11 Å². The molecule has 2 N–H and O–H groups in total. The summed E-state index contributed by atoms with van der Waals surface area (Å²) in [5, 5.41) is 6.47. The van der Waals surface area contributed by atoms with E-state index in [-0.39, 0.29) is 6.03 Å². The third-order valence-electron chi connectivity index (χ3n) is 5.17. The molecule has 1 atom stereocenters. The molecule has 0 bridgehead atoms. The minimum atomic E-state index is 0.0517. The summed E-state index contributed by atoms with van der Waals surface area (Å²) < 4.78 is 5.21. The minimum absolute atomic E-state index is 0.0517. The summed E-state index contributed by atoms with van der Waals surface area (Å²) in [6, 6.07) is 7.87. The number of hydrogen-bond donors (Lipinski definition) is 2. The number of methoxy groups -OCH3 is 1. The maximum absolute atomic E-state index is 12.3.